The fourth-order valence-corrected chi connectivity index (χ4v) is 8.17. The van der Waals surface area contributed by atoms with Gasteiger partial charge in [0.15, 0.2) is 6.10 Å². The lowest BCUT2D eigenvalue weighted by Crippen LogP contribution is -2.30. The molecule has 0 aliphatic carbocycles. The van der Waals surface area contributed by atoms with Crippen molar-refractivity contribution in [2.45, 2.75) is 258 Å². The number of allylic oxidation sites excluding steroid dienone is 30. The van der Waals surface area contributed by atoms with Crippen LogP contribution in [0.2, 0.25) is 0 Å². The highest BCUT2D eigenvalue weighted by atomic mass is 16.6. The van der Waals surface area contributed by atoms with Gasteiger partial charge in [0.05, 0.1) is 0 Å². The normalized spacial score (nSPS) is 13.4. The summed E-state index contributed by atoms with van der Waals surface area (Å²) in [6.45, 7) is 6.23. The molecule has 0 N–H and O–H groups in total. The number of ether oxygens (including phenoxy) is 3. The number of carbonyl (C=O) groups is 3. The lowest BCUT2D eigenvalue weighted by Gasteiger charge is -2.18. The average molecular weight is 1110 g/mol. The first-order valence-electron chi connectivity index (χ1n) is 32.3. The van der Waals surface area contributed by atoms with Crippen molar-refractivity contribution in [2.24, 2.45) is 0 Å². The predicted molar refractivity (Wildman–Crippen MR) is 352 cm³/mol. The molecule has 0 aromatic carbocycles. The van der Waals surface area contributed by atoms with Gasteiger partial charge < -0.3 is 14.2 Å². The molecular weight excluding hydrogens is 997 g/mol. The molecule has 0 fully saturated rings. The molecule has 0 radical (unpaired) electrons. The molecule has 0 saturated carbocycles. The number of esters is 3. The monoisotopic (exact) mass is 1110 g/mol. The minimum Gasteiger partial charge on any atom is -0.462 e. The molecule has 0 amide bonds. The second-order valence-electron chi connectivity index (χ2n) is 20.5. The van der Waals surface area contributed by atoms with Crippen molar-refractivity contribution in [2.75, 3.05) is 13.2 Å². The highest BCUT2D eigenvalue weighted by Gasteiger charge is 2.19. The van der Waals surface area contributed by atoms with E-state index < -0.39 is 6.10 Å². The molecule has 0 spiro atoms. The van der Waals surface area contributed by atoms with Gasteiger partial charge in [-0.2, -0.15) is 0 Å². The molecule has 6 heteroatoms. The van der Waals surface area contributed by atoms with Crippen LogP contribution in [0.1, 0.15) is 252 Å². The molecule has 81 heavy (non-hydrogen) atoms. The van der Waals surface area contributed by atoms with Gasteiger partial charge in [0, 0.05) is 19.3 Å². The molecule has 0 aromatic heterocycles. The van der Waals surface area contributed by atoms with E-state index in [2.05, 4.69) is 203 Å². The van der Waals surface area contributed by atoms with Gasteiger partial charge in [-0.25, -0.2) is 0 Å². The Balaban J connectivity index is 4.49. The van der Waals surface area contributed by atoms with Gasteiger partial charge in [-0.3, -0.25) is 14.4 Å². The number of rotatable bonds is 56. The summed E-state index contributed by atoms with van der Waals surface area (Å²) >= 11 is 0. The molecule has 452 valence electrons. The van der Waals surface area contributed by atoms with Crippen molar-refractivity contribution in [1.29, 1.82) is 0 Å². The van der Waals surface area contributed by atoms with Crippen LogP contribution in [0.3, 0.4) is 0 Å². The largest absolute Gasteiger partial charge is 0.462 e. The molecule has 1 unspecified atom stereocenters. The molecular formula is C75H116O6. The van der Waals surface area contributed by atoms with Gasteiger partial charge in [0.1, 0.15) is 13.2 Å². The van der Waals surface area contributed by atoms with E-state index >= 15 is 0 Å². The molecule has 0 heterocycles. The van der Waals surface area contributed by atoms with E-state index in [1.165, 1.54) is 32.1 Å². The van der Waals surface area contributed by atoms with E-state index in [1.54, 1.807) is 0 Å². The molecule has 0 bridgehead atoms. The summed E-state index contributed by atoms with van der Waals surface area (Å²) < 4.78 is 16.9. The van der Waals surface area contributed by atoms with Crippen molar-refractivity contribution in [3.63, 3.8) is 0 Å². The zero-order chi connectivity index (χ0) is 58.5. The van der Waals surface area contributed by atoms with Crippen LogP contribution >= 0.6 is 0 Å². The Kier molecular flexibility index (Phi) is 62.5. The SMILES string of the molecule is CC/C=C\C/C=C\C/C=C\C/C=C\C/C=C\C/C=C\CCCCCCCCCCC(=O)OCC(COC(=O)CCCCCCC/C=C\C/C=C\C/C=C\CC)OC(=O)CCCC/C=C\C/C=C\C/C=C\C/C=C\C/C=C\C/C=C\CC. The fraction of sp³-hybridized carbons (Fsp3) is 0.560. The Labute approximate surface area is 497 Å². The Bertz CT molecular complexity index is 1900. The quantitative estimate of drug-likeness (QED) is 0.0261. The van der Waals surface area contributed by atoms with Gasteiger partial charge in [-0.15, -0.1) is 0 Å². The first kappa shape index (κ1) is 75.5. The van der Waals surface area contributed by atoms with E-state index in [4.69, 9.17) is 14.2 Å². The summed E-state index contributed by atoms with van der Waals surface area (Å²) in [5.74, 6) is -0.990. The summed E-state index contributed by atoms with van der Waals surface area (Å²) in [5, 5.41) is 0. The van der Waals surface area contributed by atoms with E-state index in [9.17, 15) is 14.4 Å². The zero-order valence-corrected chi connectivity index (χ0v) is 51.7. The van der Waals surface area contributed by atoms with Crippen LogP contribution in [-0.4, -0.2) is 37.2 Å². The summed E-state index contributed by atoms with van der Waals surface area (Å²) in [7, 11) is 0. The topological polar surface area (TPSA) is 78.9 Å². The van der Waals surface area contributed by atoms with Crippen molar-refractivity contribution < 1.29 is 28.6 Å². The Hall–Kier alpha value is -5.49. The maximum atomic E-state index is 12.9. The maximum absolute atomic E-state index is 12.9. The minimum atomic E-state index is -0.824. The van der Waals surface area contributed by atoms with Gasteiger partial charge in [-0.05, 0) is 154 Å². The molecule has 0 aliphatic rings. The van der Waals surface area contributed by atoms with Crippen molar-refractivity contribution >= 4 is 17.9 Å². The third-order valence-corrected chi connectivity index (χ3v) is 12.9. The maximum Gasteiger partial charge on any atom is 0.306 e. The summed E-state index contributed by atoms with van der Waals surface area (Å²) in [4.78, 5) is 38.4. The minimum absolute atomic E-state index is 0.115. The summed E-state index contributed by atoms with van der Waals surface area (Å²) in [6, 6.07) is 0. The lowest BCUT2D eigenvalue weighted by atomic mass is 10.1. The highest BCUT2D eigenvalue weighted by Crippen LogP contribution is 2.14. The molecule has 1 atom stereocenters. The Morgan fingerprint density at radius 2 is 0.444 bits per heavy atom. The van der Waals surface area contributed by atoms with Gasteiger partial charge in [0.2, 0.25) is 0 Å². The van der Waals surface area contributed by atoms with Gasteiger partial charge >= 0.3 is 17.9 Å². The van der Waals surface area contributed by atoms with Crippen LogP contribution in [0.15, 0.2) is 182 Å². The van der Waals surface area contributed by atoms with Crippen molar-refractivity contribution in [1.82, 2.24) is 0 Å². The van der Waals surface area contributed by atoms with E-state index in [-0.39, 0.29) is 37.5 Å². The Morgan fingerprint density at radius 1 is 0.247 bits per heavy atom. The molecule has 0 saturated heterocycles. The number of carbonyl (C=O) groups excluding carboxylic acids is 3. The van der Waals surface area contributed by atoms with Crippen LogP contribution in [-0.2, 0) is 28.6 Å². The first-order valence-corrected chi connectivity index (χ1v) is 32.3. The molecule has 6 nitrogen and oxygen atoms in total. The number of hydrogen-bond acceptors (Lipinski definition) is 6. The third-order valence-electron chi connectivity index (χ3n) is 12.9. The van der Waals surface area contributed by atoms with Crippen LogP contribution < -0.4 is 0 Å². The van der Waals surface area contributed by atoms with Crippen LogP contribution in [0, 0.1) is 0 Å². The van der Waals surface area contributed by atoms with Crippen molar-refractivity contribution in [3.05, 3.63) is 182 Å². The van der Waals surface area contributed by atoms with Gasteiger partial charge in [0.25, 0.3) is 0 Å². The molecule has 0 aromatic rings. The number of unbranched alkanes of at least 4 members (excludes halogenated alkanes) is 15. The summed E-state index contributed by atoms with van der Waals surface area (Å²) in [6.07, 6.45) is 100. The van der Waals surface area contributed by atoms with Gasteiger partial charge in [-0.1, -0.05) is 261 Å². The van der Waals surface area contributed by atoms with E-state index in [0.29, 0.717) is 19.3 Å². The average Bonchev–Trinajstić information content (AvgIpc) is 3.47. The first-order chi connectivity index (χ1) is 40.0. The highest BCUT2D eigenvalue weighted by molar-refractivity contribution is 5.71. The van der Waals surface area contributed by atoms with Crippen LogP contribution in [0.25, 0.3) is 0 Å². The van der Waals surface area contributed by atoms with Crippen LogP contribution in [0.5, 0.6) is 0 Å². The predicted octanol–water partition coefficient (Wildman–Crippen LogP) is 22.4. The number of hydrogen-bond donors (Lipinski definition) is 0. The standard InChI is InChI=1S/C75H116O6/c1-4-7-10-13-16-19-22-25-28-30-32-34-35-36-37-38-39-41-42-44-47-50-53-56-59-62-65-68-74(77)80-71-72(70-79-73(76)67-64-61-58-55-52-49-46-27-24-21-18-15-12-9-6-3)81-75(78)69-66-63-60-57-54-51-48-45-43-40-33-31-29-26-23-20-17-14-11-8-5-2/h7-12,16-21,25-29,32-34,36-37,39-41,45-46,48,54,57,72H,4-6,13-15,22-24,30-31,35,38,42-44,47,49-53,55-56,58-71H2,1-3H3/b10-7-,11-8-,12-9-,19-16-,20-17-,21-18-,28-25-,29-26-,34-32-,37-36-,40-33-,41-39-,46-27-,48-45-,57-54-. The van der Waals surface area contributed by atoms with E-state index in [0.717, 1.165) is 173 Å². The van der Waals surface area contributed by atoms with E-state index in [1.807, 2.05) is 0 Å². The molecule has 0 rings (SSSR count). The second-order valence-corrected chi connectivity index (χ2v) is 20.5. The zero-order valence-electron chi connectivity index (χ0n) is 51.7. The smallest absolute Gasteiger partial charge is 0.306 e. The summed E-state index contributed by atoms with van der Waals surface area (Å²) in [5.41, 5.74) is 0. The lowest BCUT2D eigenvalue weighted by molar-refractivity contribution is -0.167. The third kappa shape index (κ3) is 65.2. The second kappa shape index (κ2) is 67.0. The van der Waals surface area contributed by atoms with Crippen LogP contribution in [0.4, 0.5) is 0 Å². The molecule has 0 aliphatic heterocycles. The fourth-order valence-electron chi connectivity index (χ4n) is 8.17. The van der Waals surface area contributed by atoms with Crippen molar-refractivity contribution in [3.8, 4) is 0 Å². The Morgan fingerprint density at radius 3 is 0.716 bits per heavy atom.